The summed E-state index contributed by atoms with van der Waals surface area (Å²) >= 11 is 0. The third-order valence-corrected chi connectivity index (χ3v) is 5.36. The van der Waals surface area contributed by atoms with Crippen molar-refractivity contribution in [3.05, 3.63) is 107 Å². The first kappa shape index (κ1) is 19.7. The van der Waals surface area contributed by atoms with Crippen LogP contribution in [0.15, 0.2) is 78.6 Å². The minimum absolute atomic E-state index is 0.276. The molecule has 0 bridgehead atoms. The van der Waals surface area contributed by atoms with Gasteiger partial charge in [-0.25, -0.2) is 4.39 Å². The Balaban J connectivity index is 1.77. The van der Waals surface area contributed by atoms with Crippen LogP contribution < -0.4 is 4.74 Å². The number of methoxy groups -OCH3 is 1. The van der Waals surface area contributed by atoms with E-state index in [1.54, 1.807) is 24.1 Å². The van der Waals surface area contributed by atoms with Gasteiger partial charge in [0.15, 0.2) is 5.76 Å². The average Bonchev–Trinajstić information content (AvgIpc) is 3.00. The van der Waals surface area contributed by atoms with E-state index in [2.05, 4.69) is 0 Å². The van der Waals surface area contributed by atoms with Gasteiger partial charge in [0.25, 0.3) is 5.91 Å². The molecule has 1 amide bonds. The van der Waals surface area contributed by atoms with Crippen LogP contribution in [0.25, 0.3) is 5.57 Å². The lowest BCUT2D eigenvalue weighted by molar-refractivity contribution is -0.130. The van der Waals surface area contributed by atoms with E-state index < -0.39 is 11.9 Å². The Bertz CT molecular complexity index is 1090. The highest BCUT2D eigenvalue weighted by atomic mass is 19.1. The number of amides is 1. The number of nitrogens with zero attached hydrogens (tertiary/aromatic N) is 1. The molecule has 0 spiro atoms. The van der Waals surface area contributed by atoms with Gasteiger partial charge in [-0.15, -0.1) is 0 Å². The molecule has 3 aromatic carbocycles. The first-order chi connectivity index (χ1) is 14.5. The number of carbonyl (C=O) groups is 1. The largest absolute Gasteiger partial charge is 0.503 e. The summed E-state index contributed by atoms with van der Waals surface area (Å²) in [6, 6.07) is 20.6. The van der Waals surface area contributed by atoms with Crippen molar-refractivity contribution in [1.82, 2.24) is 4.90 Å². The Hall–Kier alpha value is -3.60. The van der Waals surface area contributed by atoms with E-state index in [9.17, 15) is 14.3 Å². The van der Waals surface area contributed by atoms with E-state index in [0.717, 1.165) is 28.0 Å². The van der Waals surface area contributed by atoms with Crippen molar-refractivity contribution in [2.24, 2.45) is 0 Å². The number of benzene rings is 3. The third kappa shape index (κ3) is 3.66. The first-order valence-corrected chi connectivity index (χ1v) is 9.67. The summed E-state index contributed by atoms with van der Waals surface area (Å²) in [5.41, 5.74) is 4.00. The number of ether oxygens (including phenoxy) is 1. The number of carbonyl (C=O) groups excluding carboxylic acids is 1. The zero-order valence-electron chi connectivity index (χ0n) is 16.8. The average molecular weight is 403 g/mol. The van der Waals surface area contributed by atoms with E-state index in [1.807, 2.05) is 55.5 Å². The fraction of sp³-hybridized carbons (Fsp3) is 0.160. The molecule has 1 N–H and O–H groups in total. The molecule has 1 heterocycles. The lowest BCUT2D eigenvalue weighted by Crippen LogP contribution is -2.29. The standard InChI is InChI=1S/C25H22FNO3/c1-16-3-7-18(8-4-16)22-23(19-9-11-20(26)12-10-19)27(25(29)24(22)28)15-17-5-13-21(30-2)14-6-17/h3-14,23,28H,15H2,1-2H3/t23-/m1/s1. The Morgan fingerprint density at radius 1 is 0.967 bits per heavy atom. The highest BCUT2D eigenvalue weighted by Gasteiger charge is 2.40. The summed E-state index contributed by atoms with van der Waals surface area (Å²) in [5.74, 6) is -0.352. The van der Waals surface area contributed by atoms with Crippen molar-refractivity contribution >= 4 is 11.5 Å². The van der Waals surface area contributed by atoms with Gasteiger partial charge in [0.1, 0.15) is 11.6 Å². The number of hydrogen-bond acceptors (Lipinski definition) is 3. The van der Waals surface area contributed by atoms with Gasteiger partial charge >= 0.3 is 0 Å². The molecule has 0 saturated heterocycles. The van der Waals surface area contributed by atoms with Crippen LogP contribution in [0, 0.1) is 12.7 Å². The molecule has 0 saturated carbocycles. The minimum atomic E-state index is -0.525. The molecular weight excluding hydrogens is 381 g/mol. The monoisotopic (exact) mass is 403 g/mol. The Morgan fingerprint density at radius 2 is 1.60 bits per heavy atom. The maximum Gasteiger partial charge on any atom is 0.290 e. The second-order valence-electron chi connectivity index (χ2n) is 7.36. The summed E-state index contributed by atoms with van der Waals surface area (Å²) in [4.78, 5) is 14.7. The minimum Gasteiger partial charge on any atom is -0.503 e. The predicted molar refractivity (Wildman–Crippen MR) is 113 cm³/mol. The molecule has 30 heavy (non-hydrogen) atoms. The molecule has 1 aliphatic rings. The third-order valence-electron chi connectivity index (χ3n) is 5.36. The summed E-state index contributed by atoms with van der Waals surface area (Å²) in [7, 11) is 1.60. The van der Waals surface area contributed by atoms with E-state index in [4.69, 9.17) is 4.74 Å². The molecule has 0 unspecified atom stereocenters. The van der Waals surface area contributed by atoms with Crippen LogP contribution in [0.4, 0.5) is 4.39 Å². The molecule has 0 aliphatic carbocycles. The Morgan fingerprint density at radius 3 is 2.20 bits per heavy atom. The van der Waals surface area contributed by atoms with Crippen LogP contribution in [0.5, 0.6) is 5.75 Å². The summed E-state index contributed by atoms with van der Waals surface area (Å²) in [6.07, 6.45) is 0. The fourth-order valence-corrected chi connectivity index (χ4v) is 3.76. The molecule has 3 aromatic rings. The van der Waals surface area contributed by atoms with Crippen LogP contribution in [0.2, 0.25) is 0 Å². The maximum absolute atomic E-state index is 13.6. The van der Waals surface area contributed by atoms with Crippen molar-refractivity contribution in [3.8, 4) is 5.75 Å². The van der Waals surface area contributed by atoms with Crippen molar-refractivity contribution in [2.75, 3.05) is 7.11 Å². The summed E-state index contributed by atoms with van der Waals surface area (Å²) in [6.45, 7) is 2.27. The quantitative estimate of drug-likeness (QED) is 0.637. The number of aliphatic hydroxyl groups is 1. The van der Waals surface area contributed by atoms with E-state index in [1.165, 1.54) is 12.1 Å². The van der Waals surface area contributed by atoms with Crippen LogP contribution >= 0.6 is 0 Å². The van der Waals surface area contributed by atoms with Crippen molar-refractivity contribution in [2.45, 2.75) is 19.5 Å². The SMILES string of the molecule is COc1ccc(CN2C(=O)C(O)=C(c3ccc(C)cc3)[C@H]2c2ccc(F)cc2)cc1. The first-order valence-electron chi connectivity index (χ1n) is 9.67. The van der Waals surface area contributed by atoms with Crippen molar-refractivity contribution in [1.29, 1.82) is 0 Å². The van der Waals surface area contributed by atoms with Gasteiger partial charge in [-0.05, 0) is 47.9 Å². The van der Waals surface area contributed by atoms with Crippen molar-refractivity contribution < 1.29 is 19.0 Å². The molecular formula is C25H22FNO3. The molecule has 4 rings (SSSR count). The van der Waals surface area contributed by atoms with Crippen LogP contribution in [0.3, 0.4) is 0 Å². The van der Waals surface area contributed by atoms with Crippen LogP contribution in [0.1, 0.15) is 28.3 Å². The zero-order chi connectivity index (χ0) is 21.3. The second kappa shape index (κ2) is 8.03. The highest BCUT2D eigenvalue weighted by Crippen LogP contribution is 2.43. The smallest absolute Gasteiger partial charge is 0.290 e. The number of aryl methyl sites for hydroxylation is 1. The maximum atomic E-state index is 13.6. The van der Waals surface area contributed by atoms with Gasteiger partial charge in [-0.3, -0.25) is 4.79 Å². The van der Waals surface area contributed by atoms with E-state index >= 15 is 0 Å². The second-order valence-corrected chi connectivity index (χ2v) is 7.36. The lowest BCUT2D eigenvalue weighted by atomic mass is 9.93. The molecule has 5 heteroatoms. The van der Waals surface area contributed by atoms with Gasteiger partial charge < -0.3 is 14.7 Å². The molecule has 1 atom stereocenters. The Labute approximate surface area is 174 Å². The molecule has 0 aromatic heterocycles. The molecule has 0 radical (unpaired) electrons. The molecule has 0 fully saturated rings. The van der Waals surface area contributed by atoms with E-state index in [0.29, 0.717) is 12.1 Å². The number of aliphatic hydroxyl groups excluding tert-OH is 1. The molecule has 152 valence electrons. The summed E-state index contributed by atoms with van der Waals surface area (Å²) < 4.78 is 18.8. The molecule has 4 nitrogen and oxygen atoms in total. The van der Waals surface area contributed by atoms with Gasteiger partial charge in [0, 0.05) is 12.1 Å². The number of hydrogen-bond donors (Lipinski definition) is 1. The van der Waals surface area contributed by atoms with Gasteiger partial charge in [-0.1, -0.05) is 54.1 Å². The number of rotatable bonds is 5. The van der Waals surface area contributed by atoms with Crippen LogP contribution in [-0.4, -0.2) is 23.0 Å². The predicted octanol–water partition coefficient (Wildman–Crippen LogP) is 5.20. The molecule has 1 aliphatic heterocycles. The van der Waals surface area contributed by atoms with Gasteiger partial charge in [0.05, 0.1) is 13.2 Å². The normalized spacial score (nSPS) is 16.3. The summed E-state index contributed by atoms with van der Waals surface area (Å²) in [5, 5.41) is 10.8. The van der Waals surface area contributed by atoms with E-state index in [-0.39, 0.29) is 11.6 Å². The van der Waals surface area contributed by atoms with Gasteiger partial charge in [0.2, 0.25) is 0 Å². The topological polar surface area (TPSA) is 49.8 Å². The lowest BCUT2D eigenvalue weighted by Gasteiger charge is -2.27. The van der Waals surface area contributed by atoms with Crippen LogP contribution in [-0.2, 0) is 11.3 Å². The Kier molecular flexibility index (Phi) is 5.27. The van der Waals surface area contributed by atoms with Gasteiger partial charge in [-0.2, -0.15) is 0 Å². The zero-order valence-corrected chi connectivity index (χ0v) is 16.8. The number of halogens is 1. The fourth-order valence-electron chi connectivity index (χ4n) is 3.76. The highest BCUT2D eigenvalue weighted by molar-refractivity contribution is 6.05. The van der Waals surface area contributed by atoms with Crippen molar-refractivity contribution in [3.63, 3.8) is 0 Å².